The van der Waals surface area contributed by atoms with Crippen molar-refractivity contribution in [3.8, 4) is 0 Å². The molecule has 25 heavy (non-hydrogen) atoms. The van der Waals surface area contributed by atoms with Crippen molar-refractivity contribution in [2.45, 2.75) is 59.4 Å². The van der Waals surface area contributed by atoms with Gasteiger partial charge in [-0.25, -0.2) is 4.79 Å². The standard InChI is InChI=1S/C18H24N2O5/c1-11(2)20(12(3)4)17(22)13(5)24-16(21)10-19-14-8-6-7-9-15(14)25-18(19)23/h6-9,11-13H,10H2,1-5H3/t13-/m0/s1. The van der Waals surface area contributed by atoms with E-state index in [0.717, 1.165) is 0 Å². The van der Waals surface area contributed by atoms with E-state index >= 15 is 0 Å². The number of benzene rings is 1. The van der Waals surface area contributed by atoms with E-state index in [1.54, 1.807) is 29.2 Å². The maximum Gasteiger partial charge on any atom is 0.420 e. The third-order valence-electron chi connectivity index (χ3n) is 3.88. The molecule has 1 atom stereocenters. The molecule has 0 bridgehead atoms. The fourth-order valence-electron chi connectivity index (χ4n) is 2.89. The van der Waals surface area contributed by atoms with Crippen molar-refractivity contribution < 1.29 is 18.7 Å². The Kier molecular flexibility index (Phi) is 5.66. The van der Waals surface area contributed by atoms with Crippen LogP contribution in [-0.4, -0.2) is 39.5 Å². The summed E-state index contributed by atoms with van der Waals surface area (Å²) >= 11 is 0. The van der Waals surface area contributed by atoms with Gasteiger partial charge in [-0.2, -0.15) is 0 Å². The van der Waals surface area contributed by atoms with Gasteiger partial charge in [0.25, 0.3) is 5.91 Å². The Morgan fingerprint density at radius 2 is 1.72 bits per heavy atom. The van der Waals surface area contributed by atoms with Gasteiger partial charge in [-0.15, -0.1) is 0 Å². The summed E-state index contributed by atoms with van der Waals surface area (Å²) in [5.41, 5.74) is 0.907. The molecule has 0 aliphatic heterocycles. The van der Waals surface area contributed by atoms with Crippen LogP contribution in [0.5, 0.6) is 0 Å². The molecule has 0 saturated heterocycles. The van der Waals surface area contributed by atoms with Crippen molar-refractivity contribution in [3.05, 3.63) is 34.8 Å². The molecule has 0 saturated carbocycles. The molecule has 1 aromatic heterocycles. The van der Waals surface area contributed by atoms with E-state index in [9.17, 15) is 14.4 Å². The summed E-state index contributed by atoms with van der Waals surface area (Å²) < 4.78 is 11.5. The van der Waals surface area contributed by atoms with Crippen LogP contribution in [0.1, 0.15) is 34.6 Å². The molecule has 1 amide bonds. The smallest absolute Gasteiger partial charge is 0.420 e. The Morgan fingerprint density at radius 1 is 1.12 bits per heavy atom. The summed E-state index contributed by atoms with van der Waals surface area (Å²) in [5.74, 6) is -1.56. The lowest BCUT2D eigenvalue weighted by Crippen LogP contribution is -2.47. The Labute approximate surface area is 146 Å². The fraction of sp³-hybridized carbons (Fsp3) is 0.500. The molecule has 0 radical (unpaired) electrons. The highest BCUT2D eigenvalue weighted by Crippen LogP contribution is 2.13. The molecule has 0 spiro atoms. The first-order chi connectivity index (χ1) is 11.7. The van der Waals surface area contributed by atoms with Crippen molar-refractivity contribution in [2.24, 2.45) is 0 Å². The Morgan fingerprint density at radius 3 is 2.32 bits per heavy atom. The third kappa shape index (κ3) is 4.10. The third-order valence-corrected chi connectivity index (χ3v) is 3.88. The van der Waals surface area contributed by atoms with E-state index in [-0.39, 0.29) is 24.5 Å². The number of aromatic nitrogens is 1. The van der Waals surface area contributed by atoms with Gasteiger partial charge < -0.3 is 14.1 Å². The zero-order valence-electron chi connectivity index (χ0n) is 15.2. The van der Waals surface area contributed by atoms with E-state index in [1.807, 2.05) is 27.7 Å². The maximum absolute atomic E-state index is 12.5. The Hall–Kier alpha value is -2.57. The van der Waals surface area contributed by atoms with Crippen LogP contribution in [0, 0.1) is 0 Å². The zero-order chi connectivity index (χ0) is 18.7. The normalized spacial score (nSPS) is 12.6. The number of hydrogen-bond acceptors (Lipinski definition) is 5. The lowest BCUT2D eigenvalue weighted by Gasteiger charge is -2.32. The molecule has 2 rings (SSSR count). The summed E-state index contributed by atoms with van der Waals surface area (Å²) in [5, 5.41) is 0. The van der Waals surface area contributed by atoms with Crippen LogP contribution in [0.3, 0.4) is 0 Å². The summed E-state index contributed by atoms with van der Waals surface area (Å²) in [7, 11) is 0. The molecule has 0 aliphatic carbocycles. The highest BCUT2D eigenvalue weighted by molar-refractivity contribution is 5.84. The van der Waals surface area contributed by atoms with Crippen LogP contribution in [0.25, 0.3) is 11.1 Å². The van der Waals surface area contributed by atoms with Crippen LogP contribution in [0.4, 0.5) is 0 Å². The van der Waals surface area contributed by atoms with E-state index in [0.29, 0.717) is 11.1 Å². The first-order valence-electron chi connectivity index (χ1n) is 8.32. The molecule has 0 N–H and O–H groups in total. The lowest BCUT2D eigenvalue weighted by atomic mass is 10.2. The lowest BCUT2D eigenvalue weighted by molar-refractivity contribution is -0.161. The number of amides is 1. The number of carbonyl (C=O) groups excluding carboxylic acids is 2. The second kappa shape index (κ2) is 7.55. The van der Waals surface area contributed by atoms with E-state index in [4.69, 9.17) is 9.15 Å². The van der Waals surface area contributed by atoms with Crippen molar-refractivity contribution >= 4 is 23.0 Å². The number of esters is 1. The monoisotopic (exact) mass is 348 g/mol. The van der Waals surface area contributed by atoms with Gasteiger partial charge in [-0.3, -0.25) is 14.2 Å². The van der Waals surface area contributed by atoms with E-state index < -0.39 is 17.8 Å². The van der Waals surface area contributed by atoms with Crippen LogP contribution in [0.2, 0.25) is 0 Å². The first-order valence-corrected chi connectivity index (χ1v) is 8.32. The molecule has 2 aromatic rings. The molecule has 1 aromatic carbocycles. The molecule has 7 heteroatoms. The van der Waals surface area contributed by atoms with Gasteiger partial charge in [0.15, 0.2) is 11.7 Å². The van der Waals surface area contributed by atoms with Crippen LogP contribution in [-0.2, 0) is 20.9 Å². The number of ether oxygens (including phenoxy) is 1. The van der Waals surface area contributed by atoms with Gasteiger partial charge >= 0.3 is 11.7 Å². The molecule has 0 fully saturated rings. The number of oxazole rings is 1. The summed E-state index contributed by atoms with van der Waals surface area (Å²) in [6.07, 6.45) is -0.925. The summed E-state index contributed by atoms with van der Waals surface area (Å²) in [6, 6.07) is 6.80. The van der Waals surface area contributed by atoms with Gasteiger partial charge in [0.05, 0.1) is 5.52 Å². The van der Waals surface area contributed by atoms with Crippen LogP contribution >= 0.6 is 0 Å². The minimum Gasteiger partial charge on any atom is -0.451 e. The van der Waals surface area contributed by atoms with E-state index in [1.165, 1.54) is 11.5 Å². The molecule has 7 nitrogen and oxygen atoms in total. The van der Waals surface area contributed by atoms with Crippen molar-refractivity contribution in [2.75, 3.05) is 0 Å². The number of rotatable bonds is 6. The van der Waals surface area contributed by atoms with Crippen LogP contribution < -0.4 is 5.76 Å². The maximum atomic E-state index is 12.5. The Bertz CT molecular complexity index is 810. The largest absolute Gasteiger partial charge is 0.451 e. The second-order valence-corrected chi connectivity index (χ2v) is 6.49. The van der Waals surface area contributed by atoms with Crippen molar-refractivity contribution in [1.29, 1.82) is 0 Å². The molecule has 0 aliphatic rings. The molecule has 1 heterocycles. The van der Waals surface area contributed by atoms with Gasteiger partial charge in [-0.05, 0) is 46.8 Å². The summed E-state index contributed by atoms with van der Waals surface area (Å²) in [6.45, 7) is 8.85. The zero-order valence-corrected chi connectivity index (χ0v) is 15.2. The highest BCUT2D eigenvalue weighted by atomic mass is 16.5. The molecule has 0 unspecified atom stereocenters. The minimum atomic E-state index is -0.925. The number of fused-ring (bicyclic) bond motifs is 1. The average molecular weight is 348 g/mol. The molecular weight excluding hydrogens is 324 g/mol. The number of hydrogen-bond donors (Lipinski definition) is 0. The quantitative estimate of drug-likeness (QED) is 0.747. The number of para-hydroxylation sites is 2. The van der Waals surface area contributed by atoms with Crippen LogP contribution in [0.15, 0.2) is 33.5 Å². The SMILES string of the molecule is CC(C)N(C(=O)[C@H](C)OC(=O)Cn1c(=O)oc2ccccc21)C(C)C. The van der Waals surface area contributed by atoms with Gasteiger partial charge in [-0.1, -0.05) is 12.1 Å². The minimum absolute atomic E-state index is 0.00547. The van der Waals surface area contributed by atoms with Gasteiger partial charge in [0.2, 0.25) is 0 Å². The second-order valence-electron chi connectivity index (χ2n) is 6.49. The van der Waals surface area contributed by atoms with Gasteiger partial charge in [0, 0.05) is 12.1 Å². The number of nitrogens with zero attached hydrogens (tertiary/aromatic N) is 2. The predicted octanol–water partition coefficient (Wildman–Crippen LogP) is 2.17. The topological polar surface area (TPSA) is 81.8 Å². The molecular formula is C18H24N2O5. The van der Waals surface area contributed by atoms with Crippen molar-refractivity contribution in [1.82, 2.24) is 9.47 Å². The molecule has 136 valence electrons. The fourth-order valence-corrected chi connectivity index (χ4v) is 2.89. The Balaban J connectivity index is 2.10. The highest BCUT2D eigenvalue weighted by Gasteiger charge is 2.28. The first kappa shape index (κ1) is 18.8. The van der Waals surface area contributed by atoms with E-state index in [2.05, 4.69) is 0 Å². The average Bonchev–Trinajstić information content (AvgIpc) is 2.82. The number of carbonyl (C=O) groups is 2. The van der Waals surface area contributed by atoms with Gasteiger partial charge in [0.1, 0.15) is 6.54 Å². The predicted molar refractivity (Wildman–Crippen MR) is 93.1 cm³/mol. The summed E-state index contributed by atoms with van der Waals surface area (Å²) in [4.78, 5) is 38.3. The van der Waals surface area contributed by atoms with Crippen molar-refractivity contribution in [3.63, 3.8) is 0 Å².